The number of anilines is 1. The molecule has 1 fully saturated rings. The molecule has 11 heteroatoms. The van der Waals surface area contributed by atoms with E-state index in [2.05, 4.69) is 59.4 Å². The highest BCUT2D eigenvalue weighted by atomic mass is 16.5. The van der Waals surface area contributed by atoms with Gasteiger partial charge in [0.1, 0.15) is 36.4 Å². The third kappa shape index (κ3) is 6.32. The first-order valence-corrected chi connectivity index (χ1v) is 14.2. The summed E-state index contributed by atoms with van der Waals surface area (Å²) in [5, 5.41) is 7.65. The molecule has 11 nitrogen and oxygen atoms in total. The fourth-order valence-corrected chi connectivity index (χ4v) is 5.21. The van der Waals surface area contributed by atoms with E-state index in [1.165, 1.54) is 0 Å². The molecular formula is C31H35N9O2. The Morgan fingerprint density at radius 1 is 1.00 bits per heavy atom. The Kier molecular flexibility index (Phi) is 8.20. The average molecular weight is 566 g/mol. The molecule has 1 aliphatic rings. The third-order valence-corrected chi connectivity index (χ3v) is 7.79. The molecule has 1 N–H and O–H groups in total. The van der Waals surface area contributed by atoms with Crippen LogP contribution in [0.1, 0.15) is 12.0 Å². The second kappa shape index (κ2) is 12.5. The highest BCUT2D eigenvalue weighted by molar-refractivity contribution is 5.64. The van der Waals surface area contributed by atoms with E-state index in [1.807, 2.05) is 61.5 Å². The van der Waals surface area contributed by atoms with Crippen molar-refractivity contribution in [1.29, 1.82) is 0 Å². The average Bonchev–Trinajstić information content (AvgIpc) is 3.60. The van der Waals surface area contributed by atoms with Crippen molar-refractivity contribution in [2.45, 2.75) is 19.0 Å². The van der Waals surface area contributed by atoms with Crippen molar-refractivity contribution >= 4 is 17.8 Å². The van der Waals surface area contributed by atoms with Gasteiger partial charge in [-0.2, -0.15) is 5.10 Å². The molecule has 6 rings (SSSR count). The van der Waals surface area contributed by atoms with Gasteiger partial charge in [-0.25, -0.2) is 15.0 Å². The van der Waals surface area contributed by atoms with Crippen LogP contribution in [0.3, 0.4) is 0 Å². The zero-order valence-electron chi connectivity index (χ0n) is 23.9. The number of hydrogen-bond donors (Lipinski definition) is 1. The topological polar surface area (TPSA) is 106 Å². The molecule has 0 saturated carbocycles. The van der Waals surface area contributed by atoms with Crippen LogP contribution in [0.4, 0.5) is 5.82 Å². The summed E-state index contributed by atoms with van der Waals surface area (Å²) in [7, 11) is 3.93. The predicted octanol–water partition coefficient (Wildman–Crippen LogP) is 3.39. The summed E-state index contributed by atoms with van der Waals surface area (Å²) in [5.41, 5.74) is 5.83. The van der Waals surface area contributed by atoms with Gasteiger partial charge in [0.15, 0.2) is 0 Å². The van der Waals surface area contributed by atoms with Crippen LogP contribution >= 0.6 is 0 Å². The van der Waals surface area contributed by atoms with Gasteiger partial charge in [0, 0.05) is 69.9 Å². The molecule has 0 amide bonds. The number of likely N-dealkylation sites (N-methyl/N-ethyl adjacent to an activating group) is 1. The number of aromatic nitrogens is 6. The van der Waals surface area contributed by atoms with Gasteiger partial charge < -0.3 is 14.8 Å². The molecule has 1 saturated heterocycles. The van der Waals surface area contributed by atoms with Gasteiger partial charge in [-0.05, 0) is 30.7 Å². The van der Waals surface area contributed by atoms with Crippen LogP contribution in [-0.2, 0) is 18.4 Å². The van der Waals surface area contributed by atoms with Crippen LogP contribution < -0.4 is 10.1 Å². The van der Waals surface area contributed by atoms with E-state index in [0.717, 1.165) is 84.2 Å². The largest absolute Gasteiger partial charge is 0.492 e. The third-order valence-electron chi connectivity index (χ3n) is 7.79. The number of fused-ring (bicyclic) bond motifs is 1. The zero-order chi connectivity index (χ0) is 28.9. The number of imidazole rings is 1. The number of nitrogens with one attached hydrogen (secondary N) is 1. The maximum Gasteiger partial charge on any atom is 0.140 e. The Balaban J connectivity index is 1.06. The molecule has 0 bridgehead atoms. The van der Waals surface area contributed by atoms with Gasteiger partial charge in [0.05, 0.1) is 29.8 Å². The second-order valence-electron chi connectivity index (χ2n) is 10.6. The normalized spacial score (nSPS) is 16.4. The molecule has 5 aromatic rings. The molecule has 1 aromatic carbocycles. The first-order valence-electron chi connectivity index (χ1n) is 14.2. The van der Waals surface area contributed by atoms with Crippen LogP contribution in [0, 0.1) is 0 Å². The van der Waals surface area contributed by atoms with Crippen LogP contribution in [0.5, 0.6) is 5.75 Å². The monoisotopic (exact) mass is 565 g/mol. The molecule has 1 unspecified atom stereocenters. The van der Waals surface area contributed by atoms with E-state index in [4.69, 9.17) is 4.74 Å². The van der Waals surface area contributed by atoms with Crippen LogP contribution in [0.15, 0.2) is 73.6 Å². The van der Waals surface area contributed by atoms with Gasteiger partial charge in [0.25, 0.3) is 0 Å². The van der Waals surface area contributed by atoms with Crippen LogP contribution in [0.25, 0.3) is 28.2 Å². The van der Waals surface area contributed by atoms with Gasteiger partial charge in [-0.3, -0.25) is 18.9 Å². The minimum Gasteiger partial charge on any atom is -0.492 e. The van der Waals surface area contributed by atoms with E-state index >= 15 is 0 Å². The lowest BCUT2D eigenvalue weighted by Gasteiger charge is -2.20. The molecule has 0 spiro atoms. The Labute approximate surface area is 244 Å². The minimum absolute atomic E-state index is 0.00499. The lowest BCUT2D eigenvalue weighted by molar-refractivity contribution is -0.111. The standard InChI is InChI=1S/C31H35N9O2/c1-37-11-12-39(9-7-26(37)21-41)13-14-42-27-8-10-40-29(19-33-31(40)15-27)28-16-30(35-22-34-28)32-17-23-3-5-24(6-4-23)25-18-36-38(2)20-25/h3-6,8,10,15-16,18-22,26H,7,9,11-14,17H2,1-2H3,(H,32,34,35). The van der Waals surface area contributed by atoms with Crippen LogP contribution in [-0.4, -0.2) is 91.1 Å². The Morgan fingerprint density at radius 2 is 1.88 bits per heavy atom. The molecule has 216 valence electrons. The first-order chi connectivity index (χ1) is 20.6. The number of benzene rings is 1. The Bertz CT molecular complexity index is 1650. The quantitative estimate of drug-likeness (QED) is 0.255. The van der Waals surface area contributed by atoms with Crippen molar-refractivity contribution in [1.82, 2.24) is 38.9 Å². The number of aldehydes is 1. The number of carbonyl (C=O) groups excluding carboxylic acids is 1. The molecule has 4 aromatic heterocycles. The number of nitrogens with zero attached hydrogens (tertiary/aromatic N) is 8. The molecular weight excluding hydrogens is 530 g/mol. The van der Waals surface area contributed by atoms with Crippen molar-refractivity contribution in [2.24, 2.45) is 7.05 Å². The van der Waals surface area contributed by atoms with Crippen molar-refractivity contribution in [2.75, 3.05) is 45.2 Å². The molecule has 5 heterocycles. The smallest absolute Gasteiger partial charge is 0.140 e. The van der Waals surface area contributed by atoms with Gasteiger partial charge >= 0.3 is 0 Å². The van der Waals surface area contributed by atoms with Gasteiger partial charge in [-0.1, -0.05) is 24.3 Å². The lowest BCUT2D eigenvalue weighted by atomic mass is 10.1. The highest BCUT2D eigenvalue weighted by Crippen LogP contribution is 2.24. The van der Waals surface area contributed by atoms with E-state index in [9.17, 15) is 4.79 Å². The summed E-state index contributed by atoms with van der Waals surface area (Å²) in [6, 6.07) is 14.3. The molecule has 0 aliphatic carbocycles. The molecule has 1 atom stereocenters. The van der Waals surface area contributed by atoms with Crippen molar-refractivity contribution in [3.05, 3.63) is 79.1 Å². The number of ether oxygens (including phenoxy) is 1. The van der Waals surface area contributed by atoms with Gasteiger partial charge in [-0.15, -0.1) is 0 Å². The van der Waals surface area contributed by atoms with Crippen molar-refractivity contribution in [3.8, 4) is 28.3 Å². The minimum atomic E-state index is 0.00499. The lowest BCUT2D eigenvalue weighted by Crippen LogP contribution is -2.34. The molecule has 42 heavy (non-hydrogen) atoms. The number of rotatable bonds is 10. The summed E-state index contributed by atoms with van der Waals surface area (Å²) in [5.74, 6) is 1.52. The maximum atomic E-state index is 11.3. The fourth-order valence-electron chi connectivity index (χ4n) is 5.21. The number of aryl methyl sites for hydroxylation is 1. The summed E-state index contributed by atoms with van der Waals surface area (Å²) in [4.78, 5) is 29.3. The SMILES string of the molecule is CN1CCN(CCOc2ccn3c(-c4cc(NCc5ccc(-c6cnn(C)c6)cc5)ncn4)cnc3c2)CCC1C=O. The summed E-state index contributed by atoms with van der Waals surface area (Å²) in [6.45, 7) is 4.74. The highest BCUT2D eigenvalue weighted by Gasteiger charge is 2.20. The number of carbonyl (C=O) groups is 1. The zero-order valence-corrected chi connectivity index (χ0v) is 23.9. The van der Waals surface area contributed by atoms with E-state index < -0.39 is 0 Å². The number of hydrogen-bond acceptors (Lipinski definition) is 9. The maximum absolute atomic E-state index is 11.3. The molecule has 0 radical (unpaired) electrons. The summed E-state index contributed by atoms with van der Waals surface area (Å²) < 4.78 is 9.87. The fraction of sp³-hybridized carbons (Fsp3) is 0.323. The van der Waals surface area contributed by atoms with E-state index in [-0.39, 0.29) is 6.04 Å². The summed E-state index contributed by atoms with van der Waals surface area (Å²) >= 11 is 0. The van der Waals surface area contributed by atoms with Crippen molar-refractivity contribution in [3.63, 3.8) is 0 Å². The van der Waals surface area contributed by atoms with E-state index in [1.54, 1.807) is 11.0 Å². The van der Waals surface area contributed by atoms with Crippen molar-refractivity contribution < 1.29 is 9.53 Å². The Morgan fingerprint density at radius 3 is 2.69 bits per heavy atom. The first kappa shape index (κ1) is 27.6. The summed E-state index contributed by atoms with van der Waals surface area (Å²) in [6.07, 6.45) is 11.1. The van der Waals surface area contributed by atoms with Gasteiger partial charge in [0.2, 0.25) is 0 Å². The van der Waals surface area contributed by atoms with E-state index in [0.29, 0.717) is 13.2 Å². The number of pyridine rings is 1. The van der Waals surface area contributed by atoms with Crippen LogP contribution in [0.2, 0.25) is 0 Å². The molecule has 1 aliphatic heterocycles. The Hall–Kier alpha value is -4.61. The second-order valence-corrected chi connectivity index (χ2v) is 10.6. The predicted molar refractivity (Wildman–Crippen MR) is 161 cm³/mol.